The van der Waals surface area contributed by atoms with Crippen molar-refractivity contribution in [2.75, 3.05) is 11.9 Å². The number of aromatic nitrogens is 6. The zero-order chi connectivity index (χ0) is 23.0. The van der Waals surface area contributed by atoms with Crippen LogP contribution in [0.5, 0.6) is 5.75 Å². The predicted octanol–water partition coefficient (Wildman–Crippen LogP) is 0.572. The maximum atomic E-state index is 12.6. The molecule has 0 atom stereocenters. The second-order valence-electron chi connectivity index (χ2n) is 7.05. The lowest BCUT2D eigenvalue weighted by Gasteiger charge is -2.07. The standard InChI is InChI=1S/C20H21N7O5/c1-4-32-13-7-5-12(6-8-13)14-9-27(31)19(22-14)23-15(28)10-26-11-21-17-16(26)18(29)25(3)20(30)24(17)2/h5-9,11,31H,4,10H2,1-3H3,(H,22,23,28). The number of carbonyl (C=O) groups is 1. The molecule has 3 aromatic heterocycles. The van der Waals surface area contributed by atoms with Crippen molar-refractivity contribution in [3.8, 4) is 17.0 Å². The van der Waals surface area contributed by atoms with Gasteiger partial charge in [0.2, 0.25) is 11.9 Å². The fraction of sp³-hybridized carbons (Fsp3) is 0.250. The molecule has 1 aromatic carbocycles. The number of hydrogen-bond donors (Lipinski definition) is 2. The van der Waals surface area contributed by atoms with Crippen LogP contribution in [0.2, 0.25) is 0 Å². The van der Waals surface area contributed by atoms with E-state index in [0.29, 0.717) is 22.8 Å². The van der Waals surface area contributed by atoms with Gasteiger partial charge < -0.3 is 14.5 Å². The van der Waals surface area contributed by atoms with Gasteiger partial charge in [-0.25, -0.2) is 14.8 Å². The van der Waals surface area contributed by atoms with E-state index in [1.807, 2.05) is 6.92 Å². The summed E-state index contributed by atoms with van der Waals surface area (Å²) < 4.78 is 9.63. The largest absolute Gasteiger partial charge is 0.494 e. The maximum absolute atomic E-state index is 12.6. The molecule has 0 aliphatic heterocycles. The summed E-state index contributed by atoms with van der Waals surface area (Å²) >= 11 is 0. The van der Waals surface area contributed by atoms with Crippen LogP contribution in [0.1, 0.15) is 6.92 Å². The summed E-state index contributed by atoms with van der Waals surface area (Å²) in [6, 6.07) is 7.14. The summed E-state index contributed by atoms with van der Waals surface area (Å²) in [5.41, 5.74) is 0.389. The molecule has 4 rings (SSSR count). The summed E-state index contributed by atoms with van der Waals surface area (Å²) in [6.45, 7) is 2.17. The molecule has 166 valence electrons. The lowest BCUT2D eigenvalue weighted by atomic mass is 10.2. The first-order valence-electron chi connectivity index (χ1n) is 9.72. The smallest absolute Gasteiger partial charge is 0.332 e. The van der Waals surface area contributed by atoms with Gasteiger partial charge in [0.15, 0.2) is 11.2 Å². The average molecular weight is 439 g/mol. The van der Waals surface area contributed by atoms with Crippen molar-refractivity contribution in [2.24, 2.45) is 14.1 Å². The minimum Gasteiger partial charge on any atom is -0.494 e. The van der Waals surface area contributed by atoms with E-state index in [1.54, 1.807) is 24.3 Å². The van der Waals surface area contributed by atoms with Gasteiger partial charge in [-0.1, -0.05) is 0 Å². The molecule has 0 saturated carbocycles. The molecule has 1 amide bonds. The number of anilines is 1. The highest BCUT2D eigenvalue weighted by molar-refractivity contribution is 5.90. The van der Waals surface area contributed by atoms with Crippen molar-refractivity contribution in [1.29, 1.82) is 0 Å². The summed E-state index contributed by atoms with van der Waals surface area (Å²) in [6.07, 6.45) is 2.67. The van der Waals surface area contributed by atoms with Crippen LogP contribution in [0, 0.1) is 0 Å². The summed E-state index contributed by atoms with van der Waals surface area (Å²) in [4.78, 5) is 45.4. The Kier molecular flexibility index (Phi) is 5.26. The van der Waals surface area contributed by atoms with E-state index in [2.05, 4.69) is 15.3 Å². The fourth-order valence-electron chi connectivity index (χ4n) is 3.32. The topological polar surface area (TPSA) is 138 Å². The number of nitrogens with one attached hydrogen (secondary N) is 1. The minimum absolute atomic E-state index is 0.0800. The van der Waals surface area contributed by atoms with E-state index in [0.717, 1.165) is 10.1 Å². The van der Waals surface area contributed by atoms with Crippen LogP contribution >= 0.6 is 0 Å². The number of aryl methyl sites for hydroxylation is 1. The second-order valence-corrected chi connectivity index (χ2v) is 7.05. The molecule has 0 radical (unpaired) electrons. The Morgan fingerprint density at radius 3 is 2.56 bits per heavy atom. The summed E-state index contributed by atoms with van der Waals surface area (Å²) in [5.74, 6) is 0.0902. The molecule has 12 nitrogen and oxygen atoms in total. The van der Waals surface area contributed by atoms with Gasteiger partial charge in [-0.05, 0) is 31.2 Å². The number of fused-ring (bicyclic) bond motifs is 1. The Hall–Kier alpha value is -4.35. The number of rotatable bonds is 6. The zero-order valence-electron chi connectivity index (χ0n) is 17.6. The van der Waals surface area contributed by atoms with Crippen LogP contribution in [0.4, 0.5) is 5.95 Å². The third kappa shape index (κ3) is 3.62. The van der Waals surface area contributed by atoms with Gasteiger partial charge in [0.25, 0.3) is 5.56 Å². The van der Waals surface area contributed by atoms with Gasteiger partial charge in [-0.15, -0.1) is 0 Å². The number of amides is 1. The SMILES string of the molecule is CCOc1ccc(-c2cn(O)c(NC(=O)Cn3cnc4c3c(=O)n(C)c(=O)n4C)n2)cc1. The monoisotopic (exact) mass is 439 g/mol. The number of imidazole rings is 2. The van der Waals surface area contributed by atoms with Crippen molar-refractivity contribution >= 4 is 23.0 Å². The molecule has 0 aliphatic carbocycles. The van der Waals surface area contributed by atoms with Gasteiger partial charge in [0.1, 0.15) is 12.3 Å². The Balaban J connectivity index is 1.56. The number of benzene rings is 1. The third-order valence-electron chi connectivity index (χ3n) is 4.93. The highest BCUT2D eigenvalue weighted by atomic mass is 16.5. The molecule has 0 saturated heterocycles. The quantitative estimate of drug-likeness (QED) is 0.419. The van der Waals surface area contributed by atoms with E-state index < -0.39 is 17.2 Å². The first-order valence-corrected chi connectivity index (χ1v) is 9.72. The lowest BCUT2D eigenvalue weighted by Crippen LogP contribution is -2.37. The van der Waals surface area contributed by atoms with E-state index in [4.69, 9.17) is 4.74 Å². The maximum Gasteiger partial charge on any atom is 0.332 e. The van der Waals surface area contributed by atoms with Gasteiger partial charge in [-0.3, -0.25) is 24.0 Å². The Morgan fingerprint density at radius 2 is 1.88 bits per heavy atom. The lowest BCUT2D eigenvalue weighted by molar-refractivity contribution is -0.116. The third-order valence-corrected chi connectivity index (χ3v) is 4.93. The van der Waals surface area contributed by atoms with E-state index in [9.17, 15) is 19.6 Å². The first kappa shape index (κ1) is 20.9. The van der Waals surface area contributed by atoms with Crippen LogP contribution in [0.3, 0.4) is 0 Å². The molecule has 4 aromatic rings. The molecular formula is C20H21N7O5. The van der Waals surface area contributed by atoms with Crippen molar-refractivity contribution < 1.29 is 14.7 Å². The summed E-state index contributed by atoms with van der Waals surface area (Å²) in [5, 5.41) is 12.6. The van der Waals surface area contributed by atoms with Gasteiger partial charge >= 0.3 is 5.69 Å². The Bertz CT molecular complexity index is 1430. The molecule has 3 heterocycles. The van der Waals surface area contributed by atoms with Crippen molar-refractivity contribution in [3.63, 3.8) is 0 Å². The molecule has 0 aliphatic rings. The van der Waals surface area contributed by atoms with Crippen LogP contribution in [-0.2, 0) is 25.4 Å². The zero-order valence-corrected chi connectivity index (χ0v) is 17.6. The predicted molar refractivity (Wildman–Crippen MR) is 115 cm³/mol. The number of ether oxygens (including phenoxy) is 1. The van der Waals surface area contributed by atoms with Crippen LogP contribution < -0.4 is 21.3 Å². The fourth-order valence-corrected chi connectivity index (χ4v) is 3.32. The van der Waals surface area contributed by atoms with E-state index >= 15 is 0 Å². The molecular weight excluding hydrogens is 418 g/mol. The van der Waals surface area contributed by atoms with Gasteiger partial charge in [0, 0.05) is 19.7 Å². The molecule has 2 N–H and O–H groups in total. The molecule has 12 heteroatoms. The summed E-state index contributed by atoms with van der Waals surface area (Å²) in [7, 11) is 2.85. The van der Waals surface area contributed by atoms with Crippen molar-refractivity contribution in [1.82, 2.24) is 28.4 Å². The second kappa shape index (κ2) is 8.06. The number of hydrogen-bond acceptors (Lipinski definition) is 7. The highest BCUT2D eigenvalue weighted by Crippen LogP contribution is 2.23. The highest BCUT2D eigenvalue weighted by Gasteiger charge is 2.17. The molecule has 32 heavy (non-hydrogen) atoms. The average Bonchev–Trinajstić information content (AvgIpc) is 3.35. The van der Waals surface area contributed by atoms with Crippen LogP contribution in [0.15, 0.2) is 46.4 Å². The van der Waals surface area contributed by atoms with E-state index in [1.165, 1.54) is 35.8 Å². The van der Waals surface area contributed by atoms with E-state index in [-0.39, 0.29) is 23.7 Å². The number of nitrogens with zero attached hydrogens (tertiary/aromatic N) is 6. The van der Waals surface area contributed by atoms with Crippen molar-refractivity contribution in [3.05, 3.63) is 57.6 Å². The number of carbonyl (C=O) groups excluding carboxylic acids is 1. The molecule has 0 unspecified atom stereocenters. The van der Waals surface area contributed by atoms with Crippen molar-refractivity contribution in [2.45, 2.75) is 13.5 Å². The normalized spacial score (nSPS) is 11.1. The molecule has 0 bridgehead atoms. The molecule has 0 fully saturated rings. The van der Waals surface area contributed by atoms with Crippen LogP contribution in [-0.4, -0.2) is 46.1 Å². The molecule has 0 spiro atoms. The van der Waals surface area contributed by atoms with Gasteiger partial charge in [-0.2, -0.15) is 4.73 Å². The Labute approximate surface area is 180 Å². The van der Waals surface area contributed by atoms with Gasteiger partial charge in [0.05, 0.1) is 24.8 Å². The Morgan fingerprint density at radius 1 is 1.16 bits per heavy atom. The van der Waals surface area contributed by atoms with Crippen LogP contribution in [0.25, 0.3) is 22.4 Å². The minimum atomic E-state index is -0.560. The first-order chi connectivity index (χ1) is 15.3.